The van der Waals surface area contributed by atoms with Crippen molar-refractivity contribution in [2.45, 2.75) is 65.7 Å². The Labute approximate surface area is 145 Å². The molecule has 0 saturated heterocycles. The van der Waals surface area contributed by atoms with E-state index in [9.17, 15) is 9.18 Å². The van der Waals surface area contributed by atoms with Gasteiger partial charge in [0.25, 0.3) is 0 Å². The lowest BCUT2D eigenvalue weighted by Crippen LogP contribution is -2.38. The Kier molecular flexibility index (Phi) is 5.52. The first-order valence-electron chi connectivity index (χ1n) is 9.04. The third-order valence-electron chi connectivity index (χ3n) is 5.30. The molecule has 2 nitrogen and oxygen atoms in total. The highest BCUT2D eigenvalue weighted by Crippen LogP contribution is 2.46. The van der Waals surface area contributed by atoms with Crippen molar-refractivity contribution in [3.63, 3.8) is 0 Å². The van der Waals surface area contributed by atoms with Crippen molar-refractivity contribution >= 4 is 17.5 Å². The summed E-state index contributed by atoms with van der Waals surface area (Å²) >= 11 is 0. The van der Waals surface area contributed by atoms with E-state index in [2.05, 4.69) is 51.7 Å². The van der Waals surface area contributed by atoms with E-state index in [0.717, 1.165) is 30.8 Å². The SMILES string of the molecule is CCC(=C(F)C=O)c1cc(C(C)C)cc2c1N(CC)CCC2(C)C. The van der Waals surface area contributed by atoms with E-state index >= 15 is 0 Å². The molecular weight excluding hydrogens is 301 g/mol. The first kappa shape index (κ1) is 18.7. The Bertz CT molecular complexity index is 658. The van der Waals surface area contributed by atoms with Crippen LogP contribution in [0.3, 0.4) is 0 Å². The fourth-order valence-corrected chi connectivity index (χ4v) is 3.61. The molecule has 0 amide bonds. The molecule has 1 heterocycles. The van der Waals surface area contributed by atoms with Crippen LogP contribution in [0.25, 0.3) is 5.57 Å². The number of anilines is 1. The van der Waals surface area contributed by atoms with Gasteiger partial charge in [-0.1, -0.05) is 40.7 Å². The Hall–Kier alpha value is -1.64. The predicted octanol–water partition coefficient (Wildman–Crippen LogP) is 5.61. The number of hydrogen-bond acceptors (Lipinski definition) is 2. The Morgan fingerprint density at radius 3 is 2.50 bits per heavy atom. The van der Waals surface area contributed by atoms with Gasteiger partial charge >= 0.3 is 0 Å². The van der Waals surface area contributed by atoms with Gasteiger partial charge in [-0.05, 0) is 48.3 Å². The summed E-state index contributed by atoms with van der Waals surface area (Å²) in [6, 6.07) is 4.38. The van der Waals surface area contributed by atoms with Gasteiger partial charge in [-0.2, -0.15) is 0 Å². The normalized spacial score (nSPS) is 17.6. The first-order chi connectivity index (χ1) is 11.3. The summed E-state index contributed by atoms with van der Waals surface area (Å²) in [5, 5.41) is 0. The van der Waals surface area contributed by atoms with Crippen molar-refractivity contribution in [2.24, 2.45) is 0 Å². The maximum atomic E-state index is 14.3. The highest BCUT2D eigenvalue weighted by Gasteiger charge is 2.34. The summed E-state index contributed by atoms with van der Waals surface area (Å²) in [6.07, 6.45) is 1.93. The number of nitrogens with zero attached hydrogens (tertiary/aromatic N) is 1. The standard InChI is InChI=1S/C21H30FNO/c1-7-16(19(22)13-24)17-11-15(14(3)4)12-18-20(17)23(8-2)10-9-21(18,5)6/h11-14H,7-10H2,1-6H3. The maximum absolute atomic E-state index is 14.3. The maximum Gasteiger partial charge on any atom is 0.178 e. The molecule has 1 aliphatic rings. The van der Waals surface area contributed by atoms with Gasteiger partial charge < -0.3 is 4.90 Å². The van der Waals surface area contributed by atoms with E-state index in [1.807, 2.05) is 6.92 Å². The minimum atomic E-state index is -0.639. The molecule has 0 bridgehead atoms. The van der Waals surface area contributed by atoms with E-state index < -0.39 is 5.83 Å². The summed E-state index contributed by atoms with van der Waals surface area (Å²) in [5.41, 5.74) is 5.09. The summed E-state index contributed by atoms with van der Waals surface area (Å²) in [6.45, 7) is 14.7. The van der Waals surface area contributed by atoms with Crippen molar-refractivity contribution in [2.75, 3.05) is 18.0 Å². The second-order valence-electron chi connectivity index (χ2n) is 7.63. The van der Waals surface area contributed by atoms with Crippen LogP contribution in [0, 0.1) is 0 Å². The van der Waals surface area contributed by atoms with Crippen LogP contribution in [0.2, 0.25) is 0 Å². The number of hydrogen-bond donors (Lipinski definition) is 0. The largest absolute Gasteiger partial charge is 0.371 e. The number of rotatable bonds is 5. The minimum absolute atomic E-state index is 0.0527. The second kappa shape index (κ2) is 7.08. The van der Waals surface area contributed by atoms with Gasteiger partial charge in [0.05, 0.1) is 0 Å². The molecule has 0 spiro atoms. The monoisotopic (exact) mass is 331 g/mol. The van der Waals surface area contributed by atoms with Gasteiger partial charge in [0.2, 0.25) is 0 Å². The van der Waals surface area contributed by atoms with Crippen LogP contribution in [-0.4, -0.2) is 19.4 Å². The zero-order valence-electron chi connectivity index (χ0n) is 15.9. The summed E-state index contributed by atoms with van der Waals surface area (Å²) in [5.74, 6) is -0.278. The van der Waals surface area contributed by atoms with E-state index in [4.69, 9.17) is 0 Å². The van der Waals surface area contributed by atoms with Crippen molar-refractivity contribution in [3.8, 4) is 0 Å². The van der Waals surface area contributed by atoms with Crippen LogP contribution < -0.4 is 4.90 Å². The van der Waals surface area contributed by atoms with E-state index in [1.54, 1.807) is 0 Å². The van der Waals surface area contributed by atoms with Gasteiger partial charge in [-0.15, -0.1) is 0 Å². The van der Waals surface area contributed by atoms with E-state index in [1.165, 1.54) is 11.1 Å². The lowest BCUT2D eigenvalue weighted by molar-refractivity contribution is -0.106. The smallest absolute Gasteiger partial charge is 0.178 e. The van der Waals surface area contributed by atoms with Crippen molar-refractivity contribution in [1.82, 2.24) is 0 Å². The lowest BCUT2D eigenvalue weighted by atomic mass is 9.74. The molecule has 0 atom stereocenters. The van der Waals surface area contributed by atoms with Crippen molar-refractivity contribution in [1.29, 1.82) is 0 Å². The zero-order chi connectivity index (χ0) is 18.1. The number of halogens is 1. The average molecular weight is 331 g/mol. The molecule has 0 aliphatic carbocycles. The third kappa shape index (κ3) is 3.26. The zero-order valence-corrected chi connectivity index (χ0v) is 15.9. The molecule has 1 aliphatic heterocycles. The van der Waals surface area contributed by atoms with E-state index in [-0.39, 0.29) is 5.41 Å². The Balaban J connectivity index is 2.87. The predicted molar refractivity (Wildman–Crippen MR) is 100 cm³/mol. The molecule has 0 radical (unpaired) electrons. The van der Waals surface area contributed by atoms with Crippen LogP contribution in [0.5, 0.6) is 0 Å². The lowest BCUT2D eigenvalue weighted by Gasteiger charge is -2.42. The molecule has 24 heavy (non-hydrogen) atoms. The Morgan fingerprint density at radius 2 is 2.00 bits per heavy atom. The number of allylic oxidation sites excluding steroid dienone is 2. The fraction of sp³-hybridized carbons (Fsp3) is 0.571. The summed E-state index contributed by atoms with van der Waals surface area (Å²) in [4.78, 5) is 13.4. The van der Waals surface area contributed by atoms with Gasteiger partial charge in [-0.25, -0.2) is 4.39 Å². The molecule has 0 unspecified atom stereocenters. The summed E-state index contributed by atoms with van der Waals surface area (Å²) < 4.78 is 14.3. The molecule has 0 aromatic heterocycles. The van der Waals surface area contributed by atoms with Crippen LogP contribution in [-0.2, 0) is 10.2 Å². The molecule has 1 aromatic carbocycles. The van der Waals surface area contributed by atoms with Gasteiger partial charge in [0.1, 0.15) is 0 Å². The average Bonchev–Trinajstić information content (AvgIpc) is 2.55. The first-order valence-corrected chi connectivity index (χ1v) is 9.04. The fourth-order valence-electron chi connectivity index (χ4n) is 3.61. The number of benzene rings is 1. The quantitative estimate of drug-likeness (QED) is 0.516. The highest BCUT2D eigenvalue weighted by molar-refractivity contribution is 5.90. The highest BCUT2D eigenvalue weighted by atomic mass is 19.1. The molecule has 0 N–H and O–H groups in total. The van der Waals surface area contributed by atoms with Crippen molar-refractivity contribution < 1.29 is 9.18 Å². The molecule has 1 aromatic rings. The third-order valence-corrected chi connectivity index (χ3v) is 5.30. The van der Waals surface area contributed by atoms with Crippen LogP contribution in [0.4, 0.5) is 10.1 Å². The van der Waals surface area contributed by atoms with Crippen LogP contribution >= 0.6 is 0 Å². The number of carbonyl (C=O) groups is 1. The molecule has 3 heteroatoms. The van der Waals surface area contributed by atoms with Gasteiger partial charge in [0.15, 0.2) is 12.1 Å². The second-order valence-corrected chi connectivity index (χ2v) is 7.63. The molecule has 2 rings (SSSR count). The van der Waals surface area contributed by atoms with Gasteiger partial charge in [-0.3, -0.25) is 4.79 Å². The molecule has 0 saturated carbocycles. The van der Waals surface area contributed by atoms with Crippen LogP contribution in [0.15, 0.2) is 18.0 Å². The molecule has 132 valence electrons. The molecular formula is C21H30FNO. The number of fused-ring (bicyclic) bond motifs is 1. The topological polar surface area (TPSA) is 20.3 Å². The minimum Gasteiger partial charge on any atom is -0.371 e. The van der Waals surface area contributed by atoms with Crippen molar-refractivity contribution in [3.05, 3.63) is 34.6 Å². The molecule has 0 fully saturated rings. The van der Waals surface area contributed by atoms with Gasteiger partial charge in [0, 0.05) is 29.9 Å². The van der Waals surface area contributed by atoms with E-state index in [0.29, 0.717) is 24.2 Å². The number of carbonyl (C=O) groups excluding carboxylic acids is 1. The Morgan fingerprint density at radius 1 is 1.33 bits per heavy atom. The summed E-state index contributed by atoms with van der Waals surface area (Å²) in [7, 11) is 0. The van der Waals surface area contributed by atoms with Crippen LogP contribution in [0.1, 0.15) is 77.0 Å². The number of aldehydes is 1.